The molecule has 0 aliphatic heterocycles. The first-order valence-electron chi connectivity index (χ1n) is 2.88. The fourth-order valence-electron chi connectivity index (χ4n) is 0.589. The predicted molar refractivity (Wildman–Crippen MR) is 34.6 cm³/mol. The zero-order valence-electron chi connectivity index (χ0n) is 5.51. The fourth-order valence-corrected chi connectivity index (χ4v) is 0.589. The van der Waals surface area contributed by atoms with E-state index in [9.17, 15) is 4.79 Å². The first-order chi connectivity index (χ1) is 5.22. The Morgan fingerprint density at radius 1 is 1.64 bits per heavy atom. The van der Waals surface area contributed by atoms with Crippen molar-refractivity contribution in [1.82, 2.24) is 9.97 Å². The Balaban J connectivity index is 2.85. The Morgan fingerprint density at radius 3 is 2.82 bits per heavy atom. The first-order valence-corrected chi connectivity index (χ1v) is 2.88. The maximum absolute atomic E-state index is 10.2. The van der Waals surface area contributed by atoms with Gasteiger partial charge in [0, 0.05) is 6.20 Å². The molecule has 0 saturated carbocycles. The van der Waals surface area contributed by atoms with E-state index < -0.39 is 12.1 Å². The third-order valence-corrected chi connectivity index (χ3v) is 1.12. The minimum absolute atomic E-state index is 0.0903. The molecule has 0 bridgehead atoms. The molecule has 0 amide bonds. The summed E-state index contributed by atoms with van der Waals surface area (Å²) in [5.74, 6) is -1.32. The minimum atomic E-state index is -1.56. The summed E-state index contributed by atoms with van der Waals surface area (Å²) in [6.07, 6.45) is 0.994. The highest BCUT2D eigenvalue weighted by atomic mass is 16.4. The molecule has 5 nitrogen and oxygen atoms in total. The zero-order valence-corrected chi connectivity index (χ0v) is 5.51. The Bertz CT molecular complexity index is 249. The monoisotopic (exact) mass is 154 g/mol. The van der Waals surface area contributed by atoms with E-state index in [-0.39, 0.29) is 5.69 Å². The number of nitrogens with zero attached hydrogens (tertiary/aromatic N) is 2. The molecule has 0 saturated heterocycles. The van der Waals surface area contributed by atoms with E-state index in [0.29, 0.717) is 0 Å². The van der Waals surface area contributed by atoms with Crippen molar-refractivity contribution >= 4 is 5.97 Å². The highest BCUT2D eigenvalue weighted by Crippen LogP contribution is 2.06. The van der Waals surface area contributed by atoms with Gasteiger partial charge in [0.25, 0.3) is 0 Å². The molecule has 0 aliphatic carbocycles. The number of aromatic nitrogens is 2. The van der Waals surface area contributed by atoms with Crippen LogP contribution in [0.2, 0.25) is 0 Å². The van der Waals surface area contributed by atoms with Crippen LogP contribution in [0, 0.1) is 0 Å². The molecule has 2 N–H and O–H groups in total. The van der Waals surface area contributed by atoms with Crippen molar-refractivity contribution in [1.29, 1.82) is 0 Å². The van der Waals surface area contributed by atoms with E-state index >= 15 is 0 Å². The molecule has 58 valence electrons. The SMILES string of the molecule is O=C(O)C(O)c1ccncn1. The predicted octanol–water partition coefficient (Wildman–Crippen LogP) is -0.405. The van der Waals surface area contributed by atoms with E-state index in [1.807, 2.05) is 0 Å². The number of carboxylic acids is 1. The maximum atomic E-state index is 10.2. The molecule has 5 heteroatoms. The third kappa shape index (κ3) is 1.71. The van der Waals surface area contributed by atoms with Gasteiger partial charge in [0.05, 0.1) is 5.69 Å². The van der Waals surface area contributed by atoms with Gasteiger partial charge in [-0.3, -0.25) is 0 Å². The largest absolute Gasteiger partial charge is 0.479 e. The molecule has 1 aromatic heterocycles. The number of aliphatic hydroxyl groups excluding tert-OH is 1. The average Bonchev–Trinajstić information content (AvgIpc) is 2.05. The number of hydrogen-bond donors (Lipinski definition) is 2. The Morgan fingerprint density at radius 2 is 2.36 bits per heavy atom. The van der Waals surface area contributed by atoms with Gasteiger partial charge in [-0.25, -0.2) is 14.8 Å². The van der Waals surface area contributed by atoms with Crippen LogP contribution in [0.25, 0.3) is 0 Å². The Hall–Kier alpha value is -1.49. The van der Waals surface area contributed by atoms with Crippen LogP contribution < -0.4 is 0 Å². The summed E-state index contributed by atoms with van der Waals surface area (Å²) in [6.45, 7) is 0. The molecule has 1 aromatic rings. The van der Waals surface area contributed by atoms with Gasteiger partial charge in [0.1, 0.15) is 6.33 Å². The number of carbonyl (C=O) groups is 1. The van der Waals surface area contributed by atoms with E-state index in [0.717, 1.165) is 0 Å². The lowest BCUT2D eigenvalue weighted by Crippen LogP contribution is -2.11. The van der Waals surface area contributed by atoms with Crippen LogP contribution in [0.3, 0.4) is 0 Å². The number of hydrogen-bond acceptors (Lipinski definition) is 4. The fraction of sp³-hybridized carbons (Fsp3) is 0.167. The van der Waals surface area contributed by atoms with Gasteiger partial charge in [0.2, 0.25) is 0 Å². The second-order valence-electron chi connectivity index (χ2n) is 1.88. The van der Waals surface area contributed by atoms with E-state index in [2.05, 4.69) is 9.97 Å². The number of carboxylic acid groups (broad SMARTS) is 1. The second-order valence-corrected chi connectivity index (χ2v) is 1.88. The van der Waals surface area contributed by atoms with Gasteiger partial charge < -0.3 is 10.2 Å². The summed E-state index contributed by atoms with van der Waals surface area (Å²) in [6, 6.07) is 1.35. The van der Waals surface area contributed by atoms with Crippen LogP contribution in [-0.2, 0) is 4.79 Å². The summed E-state index contributed by atoms with van der Waals surface area (Å²) < 4.78 is 0. The van der Waals surface area contributed by atoms with E-state index in [1.165, 1.54) is 18.6 Å². The summed E-state index contributed by atoms with van der Waals surface area (Å²) in [5.41, 5.74) is 0.0903. The number of aliphatic hydroxyl groups is 1. The van der Waals surface area contributed by atoms with Gasteiger partial charge in [-0.15, -0.1) is 0 Å². The summed E-state index contributed by atoms with van der Waals surface area (Å²) in [4.78, 5) is 17.3. The van der Waals surface area contributed by atoms with Gasteiger partial charge >= 0.3 is 5.97 Å². The molecular weight excluding hydrogens is 148 g/mol. The molecule has 11 heavy (non-hydrogen) atoms. The molecule has 0 radical (unpaired) electrons. The molecular formula is C6H6N2O3. The lowest BCUT2D eigenvalue weighted by Gasteiger charge is -2.01. The van der Waals surface area contributed by atoms with Crippen molar-refractivity contribution in [2.45, 2.75) is 6.10 Å². The zero-order chi connectivity index (χ0) is 8.27. The minimum Gasteiger partial charge on any atom is -0.479 e. The maximum Gasteiger partial charge on any atom is 0.338 e. The molecule has 1 unspecified atom stereocenters. The van der Waals surface area contributed by atoms with Crippen LogP contribution in [0.15, 0.2) is 18.6 Å². The normalized spacial score (nSPS) is 12.5. The molecule has 0 fully saturated rings. The van der Waals surface area contributed by atoms with Crippen LogP contribution in [0.5, 0.6) is 0 Å². The number of rotatable bonds is 2. The summed E-state index contributed by atoms with van der Waals surface area (Å²) in [5, 5.41) is 17.2. The smallest absolute Gasteiger partial charge is 0.338 e. The summed E-state index contributed by atoms with van der Waals surface area (Å²) >= 11 is 0. The summed E-state index contributed by atoms with van der Waals surface area (Å²) in [7, 11) is 0. The molecule has 0 aliphatic rings. The molecule has 0 aromatic carbocycles. The molecule has 1 heterocycles. The van der Waals surface area contributed by atoms with Gasteiger partial charge in [-0.1, -0.05) is 0 Å². The Labute approximate surface area is 62.4 Å². The van der Waals surface area contributed by atoms with Crippen LogP contribution in [0.1, 0.15) is 11.8 Å². The quantitative estimate of drug-likeness (QED) is 0.605. The van der Waals surface area contributed by atoms with Crippen molar-refractivity contribution in [2.24, 2.45) is 0 Å². The van der Waals surface area contributed by atoms with Crippen molar-refractivity contribution < 1.29 is 15.0 Å². The van der Waals surface area contributed by atoms with E-state index in [4.69, 9.17) is 10.2 Å². The molecule has 1 atom stereocenters. The lowest BCUT2D eigenvalue weighted by molar-refractivity contribution is -0.147. The molecule has 1 rings (SSSR count). The van der Waals surface area contributed by atoms with Gasteiger partial charge in [-0.2, -0.15) is 0 Å². The topological polar surface area (TPSA) is 83.3 Å². The molecule has 0 spiro atoms. The second kappa shape index (κ2) is 3.07. The van der Waals surface area contributed by atoms with Crippen molar-refractivity contribution in [3.05, 3.63) is 24.3 Å². The Kier molecular flexibility index (Phi) is 2.12. The standard InChI is InChI=1S/C6H6N2O3/c9-5(6(10)11)4-1-2-7-3-8-4/h1-3,5,9H,(H,10,11). The lowest BCUT2D eigenvalue weighted by atomic mass is 10.2. The third-order valence-electron chi connectivity index (χ3n) is 1.12. The highest BCUT2D eigenvalue weighted by molar-refractivity contribution is 5.73. The van der Waals surface area contributed by atoms with Gasteiger partial charge in [0.15, 0.2) is 6.10 Å². The van der Waals surface area contributed by atoms with E-state index in [1.54, 1.807) is 0 Å². The first kappa shape index (κ1) is 7.62. The van der Waals surface area contributed by atoms with Crippen molar-refractivity contribution in [3.8, 4) is 0 Å². The highest BCUT2D eigenvalue weighted by Gasteiger charge is 2.16. The number of aliphatic carboxylic acids is 1. The van der Waals surface area contributed by atoms with Crippen LogP contribution >= 0.6 is 0 Å². The van der Waals surface area contributed by atoms with Crippen LogP contribution in [0.4, 0.5) is 0 Å². The average molecular weight is 154 g/mol. The van der Waals surface area contributed by atoms with Crippen LogP contribution in [-0.4, -0.2) is 26.2 Å². The van der Waals surface area contributed by atoms with Crippen molar-refractivity contribution in [3.63, 3.8) is 0 Å². The van der Waals surface area contributed by atoms with Gasteiger partial charge in [-0.05, 0) is 6.07 Å². The van der Waals surface area contributed by atoms with Crippen molar-refractivity contribution in [2.75, 3.05) is 0 Å².